The first-order valence-corrected chi connectivity index (χ1v) is 14.3. The number of imide groups is 1. The van der Waals surface area contributed by atoms with Crippen LogP contribution in [-0.2, 0) is 27.1 Å². The average Bonchev–Trinajstić information content (AvgIpc) is 3.50. The van der Waals surface area contributed by atoms with Crippen molar-refractivity contribution >= 4 is 11.9 Å². The van der Waals surface area contributed by atoms with Crippen LogP contribution in [0.5, 0.6) is 17.2 Å². The second-order valence-electron chi connectivity index (χ2n) is 10.7. The van der Waals surface area contributed by atoms with Gasteiger partial charge >= 0.3 is 18.4 Å². The standard InChI is InChI=1S/C30H34F6N2O6/c1-4-8-19-16-21(28(29(31,32)33,30(34,35)36)44-14-5-2)10-11-22(19)41-15-7-6-13-38-25(39)27(3,37-26(38)40)20-9-12-23-24(17-20)43-18-42-23/h9-12,16-17H,4-8,13-15,18H2,1-3H3,(H,37,40). The maximum absolute atomic E-state index is 14.0. The molecule has 0 aliphatic carbocycles. The zero-order valence-corrected chi connectivity index (χ0v) is 24.5. The molecular weight excluding hydrogens is 598 g/mol. The molecule has 1 unspecified atom stereocenters. The molecule has 2 aromatic carbocycles. The van der Waals surface area contributed by atoms with Crippen LogP contribution in [0.25, 0.3) is 0 Å². The number of unbranched alkanes of at least 4 members (excludes halogenated alkanes) is 1. The van der Waals surface area contributed by atoms with E-state index in [-0.39, 0.29) is 44.1 Å². The quantitative estimate of drug-likeness (QED) is 0.150. The van der Waals surface area contributed by atoms with Crippen LogP contribution in [0.1, 0.15) is 63.1 Å². The summed E-state index contributed by atoms with van der Waals surface area (Å²) in [6, 6.07) is 7.07. The number of fused-ring (bicyclic) bond motifs is 1. The van der Waals surface area contributed by atoms with Gasteiger partial charge in [-0.3, -0.25) is 9.69 Å². The van der Waals surface area contributed by atoms with Crippen molar-refractivity contribution in [3.05, 3.63) is 53.1 Å². The number of amides is 3. The van der Waals surface area contributed by atoms with Gasteiger partial charge in [0.15, 0.2) is 11.5 Å². The van der Waals surface area contributed by atoms with E-state index in [0.29, 0.717) is 36.3 Å². The molecule has 2 aliphatic rings. The summed E-state index contributed by atoms with van der Waals surface area (Å²) in [6.45, 7) is 4.18. The van der Waals surface area contributed by atoms with Gasteiger partial charge in [0.05, 0.1) is 6.61 Å². The summed E-state index contributed by atoms with van der Waals surface area (Å²) < 4.78 is 105. The Balaban J connectivity index is 1.41. The molecule has 2 heterocycles. The number of halogens is 6. The Kier molecular flexibility index (Phi) is 9.62. The predicted octanol–water partition coefficient (Wildman–Crippen LogP) is 6.74. The first-order valence-electron chi connectivity index (χ1n) is 14.3. The lowest BCUT2D eigenvalue weighted by atomic mass is 9.89. The fourth-order valence-corrected chi connectivity index (χ4v) is 5.25. The molecule has 0 spiro atoms. The number of nitrogens with one attached hydrogen (secondary N) is 1. The molecule has 4 rings (SSSR count). The molecule has 0 radical (unpaired) electrons. The molecule has 242 valence electrons. The smallest absolute Gasteiger partial charge is 0.430 e. The van der Waals surface area contributed by atoms with Crippen LogP contribution in [-0.4, -0.2) is 55.7 Å². The van der Waals surface area contributed by atoms with Crippen LogP contribution >= 0.6 is 0 Å². The summed E-state index contributed by atoms with van der Waals surface area (Å²) in [5, 5.41) is 2.72. The molecule has 0 bridgehead atoms. The van der Waals surface area contributed by atoms with Crippen molar-refractivity contribution in [2.24, 2.45) is 0 Å². The normalized spacial score (nSPS) is 18.6. The first kappa shape index (κ1) is 33.2. The molecule has 8 nitrogen and oxygen atoms in total. The third-order valence-corrected chi connectivity index (χ3v) is 7.57. The van der Waals surface area contributed by atoms with Crippen molar-refractivity contribution in [2.45, 2.75) is 76.4 Å². The number of carbonyl (C=O) groups excluding carboxylic acids is 2. The molecule has 1 fully saturated rings. The number of carbonyl (C=O) groups is 2. The number of hydrogen-bond acceptors (Lipinski definition) is 6. The van der Waals surface area contributed by atoms with E-state index in [0.717, 1.165) is 23.1 Å². The Morgan fingerprint density at radius 2 is 1.61 bits per heavy atom. The van der Waals surface area contributed by atoms with Gasteiger partial charge in [-0.2, -0.15) is 26.3 Å². The number of alkyl halides is 6. The van der Waals surface area contributed by atoms with E-state index < -0.39 is 47.6 Å². The maximum atomic E-state index is 14.0. The van der Waals surface area contributed by atoms with Crippen LogP contribution in [0.4, 0.5) is 31.1 Å². The van der Waals surface area contributed by atoms with Crippen LogP contribution in [0.15, 0.2) is 36.4 Å². The Morgan fingerprint density at radius 3 is 2.27 bits per heavy atom. The zero-order chi connectivity index (χ0) is 32.3. The highest BCUT2D eigenvalue weighted by Gasteiger charge is 2.73. The van der Waals surface area contributed by atoms with Crippen molar-refractivity contribution in [1.82, 2.24) is 10.2 Å². The van der Waals surface area contributed by atoms with Gasteiger partial charge in [0.25, 0.3) is 11.5 Å². The maximum Gasteiger partial charge on any atom is 0.430 e. The van der Waals surface area contributed by atoms with Crippen LogP contribution in [0, 0.1) is 0 Å². The van der Waals surface area contributed by atoms with Crippen molar-refractivity contribution in [1.29, 1.82) is 0 Å². The lowest BCUT2D eigenvalue weighted by Gasteiger charge is -2.37. The second-order valence-corrected chi connectivity index (χ2v) is 10.7. The topological polar surface area (TPSA) is 86.3 Å². The van der Waals surface area contributed by atoms with Gasteiger partial charge in [0, 0.05) is 18.7 Å². The van der Waals surface area contributed by atoms with Crippen LogP contribution in [0.2, 0.25) is 0 Å². The van der Waals surface area contributed by atoms with E-state index in [4.69, 9.17) is 14.2 Å². The average molecular weight is 633 g/mol. The number of hydrogen-bond donors (Lipinski definition) is 1. The van der Waals surface area contributed by atoms with Gasteiger partial charge in [-0.25, -0.2) is 4.79 Å². The highest BCUT2D eigenvalue weighted by atomic mass is 19.4. The van der Waals surface area contributed by atoms with E-state index in [1.807, 2.05) is 0 Å². The van der Waals surface area contributed by atoms with Gasteiger partial charge in [0.1, 0.15) is 11.3 Å². The van der Waals surface area contributed by atoms with Gasteiger partial charge in [0.2, 0.25) is 6.79 Å². The zero-order valence-electron chi connectivity index (χ0n) is 24.5. The molecule has 1 N–H and O–H groups in total. The molecule has 44 heavy (non-hydrogen) atoms. The third-order valence-electron chi connectivity index (χ3n) is 7.57. The minimum absolute atomic E-state index is 0.0424. The first-order chi connectivity index (χ1) is 20.7. The number of urea groups is 1. The number of nitrogens with zero attached hydrogens (tertiary/aromatic N) is 1. The van der Waals surface area contributed by atoms with E-state index in [1.54, 1.807) is 32.0 Å². The number of benzene rings is 2. The van der Waals surface area contributed by atoms with Gasteiger partial charge in [-0.15, -0.1) is 0 Å². The fourth-order valence-electron chi connectivity index (χ4n) is 5.25. The summed E-state index contributed by atoms with van der Waals surface area (Å²) in [5.41, 5.74) is -6.15. The molecule has 2 aliphatic heterocycles. The van der Waals surface area contributed by atoms with Crippen molar-refractivity contribution < 1.29 is 54.9 Å². The Hall–Kier alpha value is -3.68. The van der Waals surface area contributed by atoms with Gasteiger partial charge in [-0.1, -0.05) is 32.4 Å². The predicted molar refractivity (Wildman–Crippen MR) is 145 cm³/mol. The number of rotatable bonds is 13. The van der Waals surface area contributed by atoms with Crippen LogP contribution < -0.4 is 19.5 Å². The van der Waals surface area contributed by atoms with Gasteiger partial charge in [-0.05, 0) is 68.0 Å². The third kappa shape index (κ3) is 6.13. The monoisotopic (exact) mass is 632 g/mol. The number of aryl methyl sites for hydroxylation is 1. The molecular formula is C30H34F6N2O6. The Morgan fingerprint density at radius 1 is 0.909 bits per heavy atom. The molecule has 2 aromatic rings. The molecule has 14 heteroatoms. The lowest BCUT2D eigenvalue weighted by molar-refractivity contribution is -0.389. The molecule has 1 saturated heterocycles. The van der Waals surface area contributed by atoms with E-state index in [2.05, 4.69) is 10.1 Å². The lowest BCUT2D eigenvalue weighted by Crippen LogP contribution is -2.56. The molecule has 0 aromatic heterocycles. The van der Waals surface area contributed by atoms with E-state index in [9.17, 15) is 35.9 Å². The fraction of sp³-hybridized carbons (Fsp3) is 0.533. The summed E-state index contributed by atoms with van der Waals surface area (Å²) in [5.74, 6) is 0.696. The highest BCUT2D eigenvalue weighted by Crippen LogP contribution is 2.53. The summed E-state index contributed by atoms with van der Waals surface area (Å²) >= 11 is 0. The second kappa shape index (κ2) is 12.7. The SMILES string of the molecule is CCCOC(c1ccc(OCCCCN2C(=O)NC(C)(c3ccc4c(c3)OCO4)C2=O)c(CCC)c1)(C(F)(F)F)C(F)(F)F. The Bertz CT molecular complexity index is 1350. The van der Waals surface area contributed by atoms with Gasteiger partial charge < -0.3 is 24.3 Å². The molecule has 3 amide bonds. The summed E-state index contributed by atoms with van der Waals surface area (Å²) in [7, 11) is 0. The van der Waals surface area contributed by atoms with Crippen LogP contribution in [0.3, 0.4) is 0 Å². The summed E-state index contributed by atoms with van der Waals surface area (Å²) in [4.78, 5) is 27.0. The molecule has 1 atom stereocenters. The van der Waals surface area contributed by atoms with E-state index in [1.165, 1.54) is 6.92 Å². The van der Waals surface area contributed by atoms with Crippen molar-refractivity contribution in [3.8, 4) is 17.2 Å². The van der Waals surface area contributed by atoms with E-state index >= 15 is 0 Å². The highest BCUT2D eigenvalue weighted by molar-refractivity contribution is 6.07. The summed E-state index contributed by atoms with van der Waals surface area (Å²) in [6.07, 6.45) is -10.3. The minimum Gasteiger partial charge on any atom is -0.493 e. The minimum atomic E-state index is -5.76. The number of ether oxygens (including phenoxy) is 4. The van der Waals surface area contributed by atoms with Crippen molar-refractivity contribution in [3.63, 3.8) is 0 Å². The molecule has 0 saturated carbocycles. The Labute approximate surface area is 250 Å². The van der Waals surface area contributed by atoms with Crippen molar-refractivity contribution in [2.75, 3.05) is 26.6 Å². The largest absolute Gasteiger partial charge is 0.493 e.